The van der Waals surface area contributed by atoms with Gasteiger partial charge in [0.2, 0.25) is 0 Å². The predicted octanol–water partition coefficient (Wildman–Crippen LogP) is 0.507. The fraction of sp³-hybridized carbons (Fsp3) is 1.00. The molecule has 0 bridgehead atoms. The minimum Gasteiger partial charge on any atom is -0.756 e. The molecule has 3 rings (SSSR count). The molecule has 0 atom stereocenters. The van der Waals surface area contributed by atoms with E-state index in [0.717, 1.165) is 70.9 Å². The fourth-order valence-corrected chi connectivity index (χ4v) is 4.98. The maximum Gasteiger partial charge on any atom is 3.00 e. The number of nitrogens with one attached hydrogen (secondary N) is 1. The molecule has 38 heavy (non-hydrogen) atoms. The van der Waals surface area contributed by atoms with Crippen molar-refractivity contribution in [3.05, 3.63) is 0 Å². The van der Waals surface area contributed by atoms with Crippen molar-refractivity contribution in [3.63, 3.8) is 0 Å². The summed E-state index contributed by atoms with van der Waals surface area (Å²) in [6.45, 7) is 4.72. The van der Waals surface area contributed by atoms with Crippen LogP contribution in [-0.4, -0.2) is 65.8 Å². The predicted molar refractivity (Wildman–Crippen MR) is 131 cm³/mol. The molecule has 0 aromatic carbocycles. The van der Waals surface area contributed by atoms with Gasteiger partial charge in [0.05, 0.1) is 39.6 Å². The summed E-state index contributed by atoms with van der Waals surface area (Å²) in [5, 5.41) is 3.03. The van der Waals surface area contributed by atoms with Crippen LogP contribution < -0.4 is 31.5 Å². The van der Waals surface area contributed by atoms with Gasteiger partial charge in [-0.15, -0.1) is 0 Å². The molecule has 224 valence electrons. The monoisotopic (exact) mass is 687 g/mol. The SMILES string of the molecule is NCCNCCN.O=P1([O-])OCCCCCO1.O=P1([O-])OCCCCCO1.O=P1([O-])OCCCCCO1.[Y+3]. The van der Waals surface area contributed by atoms with E-state index in [1.54, 1.807) is 0 Å². The molecular formula is C19H43N3O12P3Y. The summed E-state index contributed by atoms with van der Waals surface area (Å²) in [7, 11) is -11.7. The molecule has 3 aliphatic rings. The van der Waals surface area contributed by atoms with Crippen LogP contribution in [-0.2, 0) is 73.5 Å². The topological polar surface area (TPSA) is 240 Å². The molecular weight excluding hydrogens is 644 g/mol. The van der Waals surface area contributed by atoms with Gasteiger partial charge in [0, 0.05) is 26.2 Å². The van der Waals surface area contributed by atoms with E-state index in [9.17, 15) is 28.4 Å². The standard InChI is InChI=1S/3C5H11O4P.C4H13N3.Y/c3*6-10(7)8-4-2-1-3-5-9-10;5-1-3-7-4-2-6;/h3*1-5H2,(H,6,7);7H,1-6H2;/q;;;;+3/p-3. The van der Waals surface area contributed by atoms with E-state index >= 15 is 0 Å². The Kier molecular flexibility index (Phi) is 28.3. The Labute approximate surface area is 251 Å². The normalized spacial score (nSPS) is 23.0. The quantitative estimate of drug-likeness (QED) is 0.269. The van der Waals surface area contributed by atoms with Gasteiger partial charge in [-0.3, -0.25) is 13.7 Å². The summed E-state index contributed by atoms with van der Waals surface area (Å²) >= 11 is 0. The Hall–Kier alpha value is 1.31. The van der Waals surface area contributed by atoms with Crippen LogP contribution >= 0.6 is 23.5 Å². The van der Waals surface area contributed by atoms with Crippen molar-refractivity contribution in [2.75, 3.05) is 65.8 Å². The number of rotatable bonds is 4. The molecule has 15 nitrogen and oxygen atoms in total. The zero-order chi connectivity index (χ0) is 27.9. The third-order valence-electron chi connectivity index (χ3n) is 4.50. The smallest absolute Gasteiger partial charge is 0.756 e. The van der Waals surface area contributed by atoms with Crippen molar-refractivity contribution in [2.45, 2.75) is 57.8 Å². The van der Waals surface area contributed by atoms with E-state index in [4.69, 9.17) is 11.5 Å². The number of phosphoric acid groups is 3. The van der Waals surface area contributed by atoms with Gasteiger partial charge < -0.3 is 58.6 Å². The molecule has 3 aliphatic heterocycles. The van der Waals surface area contributed by atoms with E-state index in [2.05, 4.69) is 32.5 Å². The second-order valence-electron chi connectivity index (χ2n) is 7.85. The average Bonchev–Trinajstić information content (AvgIpc) is 2.79. The summed E-state index contributed by atoms with van der Waals surface area (Å²) in [6.07, 6.45) is 7.72. The van der Waals surface area contributed by atoms with Crippen LogP contribution in [0.25, 0.3) is 0 Å². The van der Waals surface area contributed by atoms with Crippen molar-refractivity contribution in [1.82, 2.24) is 5.32 Å². The van der Waals surface area contributed by atoms with Gasteiger partial charge in [0.15, 0.2) is 0 Å². The van der Waals surface area contributed by atoms with Gasteiger partial charge in [-0.05, 0) is 57.8 Å². The van der Waals surface area contributed by atoms with Crippen molar-refractivity contribution < 1.29 is 88.2 Å². The van der Waals surface area contributed by atoms with E-state index < -0.39 is 23.5 Å². The molecule has 3 heterocycles. The maximum atomic E-state index is 10.6. The number of phosphoric ester groups is 3. The first-order valence-electron chi connectivity index (χ1n) is 12.4. The molecule has 0 unspecified atom stereocenters. The first-order chi connectivity index (χ1) is 17.5. The summed E-state index contributed by atoms with van der Waals surface area (Å²) in [5.74, 6) is 0. The average molecular weight is 687 g/mol. The minimum absolute atomic E-state index is 0. The zero-order valence-corrected chi connectivity index (χ0v) is 27.4. The second-order valence-corrected chi connectivity index (χ2v) is 12.1. The molecule has 0 aromatic rings. The first-order valence-corrected chi connectivity index (χ1v) is 16.8. The maximum absolute atomic E-state index is 10.6. The van der Waals surface area contributed by atoms with Crippen molar-refractivity contribution in [1.29, 1.82) is 0 Å². The Bertz CT molecular complexity index is 578. The summed E-state index contributed by atoms with van der Waals surface area (Å²) in [5.41, 5.74) is 10.3. The van der Waals surface area contributed by atoms with Gasteiger partial charge >= 0.3 is 32.7 Å². The van der Waals surface area contributed by atoms with E-state index in [0.29, 0.717) is 13.1 Å². The second kappa shape index (κ2) is 26.0. The summed E-state index contributed by atoms with van der Waals surface area (Å²) in [4.78, 5) is 31.8. The minimum atomic E-state index is -3.91. The fourth-order valence-electron chi connectivity index (χ4n) is 2.64. The Morgan fingerprint density at radius 2 is 0.711 bits per heavy atom. The van der Waals surface area contributed by atoms with Crippen LogP contribution in [0.15, 0.2) is 0 Å². The van der Waals surface area contributed by atoms with Crippen LogP contribution in [0.2, 0.25) is 0 Å². The number of hydrogen-bond acceptors (Lipinski definition) is 15. The molecule has 3 fully saturated rings. The number of nitrogens with two attached hydrogens (primary N) is 2. The van der Waals surface area contributed by atoms with Gasteiger partial charge in [0.1, 0.15) is 0 Å². The van der Waals surface area contributed by atoms with Gasteiger partial charge in [-0.2, -0.15) is 0 Å². The van der Waals surface area contributed by atoms with Crippen LogP contribution in [0, 0.1) is 0 Å². The third kappa shape index (κ3) is 28.8. The van der Waals surface area contributed by atoms with E-state index in [1.807, 2.05) is 0 Å². The van der Waals surface area contributed by atoms with Crippen LogP contribution in [0.3, 0.4) is 0 Å². The van der Waals surface area contributed by atoms with E-state index in [-0.39, 0.29) is 72.4 Å². The molecule has 0 aliphatic carbocycles. The molecule has 19 heteroatoms. The Morgan fingerprint density at radius 1 is 0.500 bits per heavy atom. The Balaban J connectivity index is 0. The van der Waals surface area contributed by atoms with Crippen LogP contribution in [0.5, 0.6) is 0 Å². The van der Waals surface area contributed by atoms with Crippen molar-refractivity contribution in [2.24, 2.45) is 11.5 Å². The molecule has 0 radical (unpaired) electrons. The molecule has 0 aromatic heterocycles. The van der Waals surface area contributed by atoms with Gasteiger partial charge in [0.25, 0.3) is 23.5 Å². The molecule has 5 N–H and O–H groups in total. The van der Waals surface area contributed by atoms with E-state index in [1.165, 1.54) is 0 Å². The first kappa shape index (κ1) is 41.4. The molecule has 0 saturated carbocycles. The van der Waals surface area contributed by atoms with Crippen LogP contribution in [0.4, 0.5) is 0 Å². The summed E-state index contributed by atoms with van der Waals surface area (Å²) < 4.78 is 58.5. The van der Waals surface area contributed by atoms with Crippen LogP contribution in [0.1, 0.15) is 57.8 Å². The molecule has 3 saturated heterocycles. The zero-order valence-electron chi connectivity index (χ0n) is 21.9. The van der Waals surface area contributed by atoms with Gasteiger partial charge in [-0.1, -0.05) is 0 Å². The molecule has 0 amide bonds. The summed E-state index contributed by atoms with van der Waals surface area (Å²) in [6, 6.07) is 0. The van der Waals surface area contributed by atoms with Crippen molar-refractivity contribution in [3.8, 4) is 0 Å². The Morgan fingerprint density at radius 3 is 0.895 bits per heavy atom. The van der Waals surface area contributed by atoms with Gasteiger partial charge in [-0.25, -0.2) is 0 Å². The largest absolute Gasteiger partial charge is 3.00 e. The third-order valence-corrected chi connectivity index (χ3v) is 7.50. The van der Waals surface area contributed by atoms with Crippen molar-refractivity contribution >= 4 is 23.5 Å². The number of hydrogen-bond donors (Lipinski definition) is 3. The molecule has 0 spiro atoms.